The topological polar surface area (TPSA) is 68.5 Å². The highest BCUT2D eigenvalue weighted by atomic mass is 35.5. The molecule has 1 aromatic carbocycles. The summed E-state index contributed by atoms with van der Waals surface area (Å²) in [5.41, 5.74) is 1.88. The van der Waals surface area contributed by atoms with Gasteiger partial charge in [0.1, 0.15) is 11.1 Å². The molecule has 0 saturated carbocycles. The molecule has 0 aliphatic rings. The monoisotopic (exact) mass is 336 g/mol. The lowest BCUT2D eigenvalue weighted by atomic mass is 10.2. The molecule has 22 heavy (non-hydrogen) atoms. The van der Waals surface area contributed by atoms with Crippen LogP contribution in [0.2, 0.25) is 0 Å². The minimum Gasteiger partial charge on any atom is -0.497 e. The normalized spacial score (nSPS) is 12.3. The number of carbonyl (C=O) groups is 1. The summed E-state index contributed by atoms with van der Waals surface area (Å²) in [5.74, 6) is 0.711. The number of thiazole rings is 1. The van der Waals surface area contributed by atoms with Gasteiger partial charge in [0, 0.05) is 10.9 Å². The van der Waals surface area contributed by atoms with Gasteiger partial charge in [-0.1, -0.05) is 0 Å². The molecule has 8 heteroatoms. The number of hydrogen-bond donors (Lipinski definition) is 1. The molecule has 6 nitrogen and oxygen atoms in total. The number of alkyl halides is 1. The molecule has 1 atom stereocenters. The molecule has 2 heterocycles. The number of halogens is 1. The summed E-state index contributed by atoms with van der Waals surface area (Å²) in [4.78, 5) is 16.6. The maximum absolute atomic E-state index is 11.6. The van der Waals surface area contributed by atoms with Crippen molar-refractivity contribution in [1.29, 1.82) is 0 Å². The molecule has 2 aromatic heterocycles. The van der Waals surface area contributed by atoms with Crippen LogP contribution in [0.15, 0.2) is 29.6 Å². The van der Waals surface area contributed by atoms with Gasteiger partial charge in [-0.2, -0.15) is 4.98 Å². The first-order chi connectivity index (χ1) is 10.6. The average molecular weight is 337 g/mol. The van der Waals surface area contributed by atoms with Crippen molar-refractivity contribution in [3.05, 3.63) is 29.6 Å². The van der Waals surface area contributed by atoms with Crippen molar-refractivity contribution in [2.24, 2.45) is 0 Å². The molecule has 0 radical (unpaired) electrons. The van der Waals surface area contributed by atoms with Crippen LogP contribution in [0.25, 0.3) is 16.2 Å². The fourth-order valence-corrected chi connectivity index (χ4v) is 2.79. The molecule has 3 rings (SSSR count). The Morgan fingerprint density at radius 1 is 1.41 bits per heavy atom. The maximum atomic E-state index is 11.6. The smallest absolute Gasteiger partial charge is 0.250 e. The number of methoxy groups -OCH3 is 1. The summed E-state index contributed by atoms with van der Waals surface area (Å²) < 4.78 is 6.85. The van der Waals surface area contributed by atoms with Gasteiger partial charge in [-0.25, -0.2) is 4.52 Å². The van der Waals surface area contributed by atoms with Gasteiger partial charge in [-0.05, 0) is 31.2 Å². The van der Waals surface area contributed by atoms with Gasteiger partial charge in [-0.3, -0.25) is 10.1 Å². The van der Waals surface area contributed by atoms with Crippen molar-refractivity contribution >= 4 is 39.8 Å². The molecule has 0 fully saturated rings. The Labute approximate surface area is 135 Å². The molecule has 0 bridgehead atoms. The van der Waals surface area contributed by atoms with Crippen LogP contribution in [0.4, 0.5) is 5.95 Å². The first kappa shape index (κ1) is 14.8. The number of nitrogens with one attached hydrogen (secondary N) is 1. The molecular formula is C14H13ClN4O2S. The van der Waals surface area contributed by atoms with E-state index in [9.17, 15) is 4.79 Å². The summed E-state index contributed by atoms with van der Waals surface area (Å²) in [6.07, 6.45) is 0. The van der Waals surface area contributed by atoms with Crippen LogP contribution in [0.3, 0.4) is 0 Å². The van der Waals surface area contributed by atoms with Gasteiger partial charge in [0.25, 0.3) is 5.95 Å². The van der Waals surface area contributed by atoms with Gasteiger partial charge in [-0.15, -0.1) is 28.0 Å². The first-order valence-electron chi connectivity index (χ1n) is 6.52. The fourth-order valence-electron chi connectivity index (χ4n) is 1.90. The minimum absolute atomic E-state index is 0.249. The molecule has 3 aromatic rings. The van der Waals surface area contributed by atoms with E-state index in [-0.39, 0.29) is 11.9 Å². The second-order valence-corrected chi connectivity index (χ2v) is 6.08. The average Bonchev–Trinajstić information content (AvgIpc) is 3.07. The summed E-state index contributed by atoms with van der Waals surface area (Å²) in [6.45, 7) is 1.60. The Morgan fingerprint density at radius 3 is 2.77 bits per heavy atom. The molecule has 0 aliphatic carbocycles. The minimum atomic E-state index is -0.636. The summed E-state index contributed by atoms with van der Waals surface area (Å²) in [7, 11) is 1.63. The van der Waals surface area contributed by atoms with Crippen LogP contribution >= 0.6 is 22.9 Å². The lowest BCUT2D eigenvalue weighted by Crippen LogP contribution is -2.21. The molecule has 1 N–H and O–H groups in total. The van der Waals surface area contributed by atoms with E-state index in [0.717, 1.165) is 17.0 Å². The van der Waals surface area contributed by atoms with E-state index >= 15 is 0 Å². The highest BCUT2D eigenvalue weighted by molar-refractivity contribution is 7.15. The SMILES string of the molecule is COc1ccc(-c2csc3nc(NC(=O)C(C)Cl)nn23)cc1. The predicted molar refractivity (Wildman–Crippen MR) is 86.8 cm³/mol. The van der Waals surface area contributed by atoms with Crippen LogP contribution in [0.5, 0.6) is 5.75 Å². The van der Waals surface area contributed by atoms with Crippen molar-refractivity contribution in [3.8, 4) is 17.0 Å². The quantitative estimate of drug-likeness (QED) is 0.743. The maximum Gasteiger partial charge on any atom is 0.250 e. The van der Waals surface area contributed by atoms with E-state index in [2.05, 4.69) is 15.4 Å². The number of ether oxygens (including phenoxy) is 1. The summed E-state index contributed by atoms with van der Waals surface area (Å²) in [6, 6.07) is 7.66. The molecule has 0 saturated heterocycles. The van der Waals surface area contributed by atoms with Gasteiger partial charge < -0.3 is 4.74 Å². The third-order valence-electron chi connectivity index (χ3n) is 3.06. The van der Waals surface area contributed by atoms with Crippen molar-refractivity contribution in [1.82, 2.24) is 14.6 Å². The summed E-state index contributed by atoms with van der Waals surface area (Å²) >= 11 is 7.17. The second kappa shape index (κ2) is 5.94. The number of carbonyl (C=O) groups excluding carboxylic acids is 1. The van der Waals surface area contributed by atoms with E-state index in [4.69, 9.17) is 16.3 Å². The van der Waals surface area contributed by atoms with Crippen LogP contribution < -0.4 is 10.1 Å². The number of rotatable bonds is 4. The van der Waals surface area contributed by atoms with E-state index < -0.39 is 5.38 Å². The van der Waals surface area contributed by atoms with E-state index in [1.807, 2.05) is 29.6 Å². The Morgan fingerprint density at radius 2 is 2.14 bits per heavy atom. The Bertz CT molecular complexity index is 810. The predicted octanol–water partition coefficient (Wildman–Crippen LogP) is 3.03. The van der Waals surface area contributed by atoms with Crippen molar-refractivity contribution in [3.63, 3.8) is 0 Å². The first-order valence-corrected chi connectivity index (χ1v) is 7.83. The Kier molecular flexibility index (Phi) is 4.00. The molecule has 1 amide bonds. The number of hydrogen-bond acceptors (Lipinski definition) is 5. The lowest BCUT2D eigenvalue weighted by Gasteiger charge is -2.02. The molecular weight excluding hydrogens is 324 g/mol. The lowest BCUT2D eigenvalue weighted by molar-refractivity contribution is -0.115. The van der Waals surface area contributed by atoms with Gasteiger partial charge in [0.15, 0.2) is 0 Å². The third-order valence-corrected chi connectivity index (χ3v) is 4.08. The molecule has 0 spiro atoms. The number of aromatic nitrogens is 3. The van der Waals surface area contributed by atoms with Crippen molar-refractivity contribution < 1.29 is 9.53 Å². The molecule has 1 unspecified atom stereocenters. The van der Waals surface area contributed by atoms with E-state index in [1.54, 1.807) is 18.5 Å². The standard InChI is InChI=1S/C14H13ClN4O2S/c1-8(15)12(20)16-13-17-14-19(18-13)11(7-22-14)9-3-5-10(21-2)6-4-9/h3-8H,1-2H3,(H,16,18,20). The highest BCUT2D eigenvalue weighted by Gasteiger charge is 2.15. The van der Waals surface area contributed by atoms with Crippen molar-refractivity contribution in [2.45, 2.75) is 12.3 Å². The van der Waals surface area contributed by atoms with Gasteiger partial charge in [0.05, 0.1) is 12.8 Å². The van der Waals surface area contributed by atoms with Crippen LogP contribution in [0.1, 0.15) is 6.92 Å². The number of anilines is 1. The number of fused-ring (bicyclic) bond motifs is 1. The van der Waals surface area contributed by atoms with Crippen molar-refractivity contribution in [2.75, 3.05) is 12.4 Å². The van der Waals surface area contributed by atoms with Gasteiger partial charge in [0.2, 0.25) is 10.9 Å². The zero-order valence-electron chi connectivity index (χ0n) is 11.9. The molecule has 0 aliphatic heterocycles. The Hall–Kier alpha value is -2.12. The van der Waals surface area contributed by atoms with E-state index in [1.165, 1.54) is 11.3 Å². The highest BCUT2D eigenvalue weighted by Crippen LogP contribution is 2.27. The number of amides is 1. The molecule has 114 valence electrons. The number of benzene rings is 1. The summed E-state index contributed by atoms with van der Waals surface area (Å²) in [5, 5.41) is 8.22. The van der Waals surface area contributed by atoms with Crippen LogP contribution in [-0.4, -0.2) is 33.0 Å². The zero-order valence-corrected chi connectivity index (χ0v) is 13.5. The van der Waals surface area contributed by atoms with E-state index in [0.29, 0.717) is 4.96 Å². The third kappa shape index (κ3) is 2.77. The van der Waals surface area contributed by atoms with Crippen LogP contribution in [-0.2, 0) is 4.79 Å². The van der Waals surface area contributed by atoms with Gasteiger partial charge >= 0.3 is 0 Å². The fraction of sp³-hybridized carbons (Fsp3) is 0.214. The van der Waals surface area contributed by atoms with Crippen LogP contribution in [0, 0.1) is 0 Å². The largest absolute Gasteiger partial charge is 0.497 e. The number of nitrogens with zero attached hydrogens (tertiary/aromatic N) is 3. The second-order valence-electron chi connectivity index (χ2n) is 4.58. The zero-order chi connectivity index (χ0) is 15.7. The Balaban J connectivity index is 1.93.